The fourth-order valence-electron chi connectivity index (χ4n) is 2.93. The number of anilines is 1. The van der Waals surface area contributed by atoms with Crippen LogP contribution in [0.2, 0.25) is 0 Å². The maximum Gasteiger partial charge on any atom is 0.227 e. The van der Waals surface area contributed by atoms with Gasteiger partial charge >= 0.3 is 0 Å². The summed E-state index contributed by atoms with van der Waals surface area (Å²) in [7, 11) is -3.43. The van der Waals surface area contributed by atoms with Gasteiger partial charge in [-0.1, -0.05) is 23.4 Å². The van der Waals surface area contributed by atoms with E-state index < -0.39 is 10.0 Å². The number of sulfonamides is 1. The van der Waals surface area contributed by atoms with E-state index in [9.17, 15) is 13.2 Å². The highest BCUT2D eigenvalue weighted by Crippen LogP contribution is 2.20. The fraction of sp³-hybridized carbons (Fsp3) is 0.261. The molecule has 33 heavy (non-hydrogen) atoms. The van der Waals surface area contributed by atoms with Crippen molar-refractivity contribution in [1.82, 2.24) is 14.9 Å². The minimum atomic E-state index is -3.43. The van der Waals surface area contributed by atoms with Crippen molar-refractivity contribution in [3.63, 3.8) is 0 Å². The number of ether oxygens (including phenoxy) is 1. The topological polar surface area (TPSA) is 123 Å². The van der Waals surface area contributed by atoms with Gasteiger partial charge in [-0.25, -0.2) is 13.1 Å². The van der Waals surface area contributed by atoms with E-state index in [-0.39, 0.29) is 24.6 Å². The fourth-order valence-corrected chi connectivity index (χ4v) is 4.03. The quantitative estimate of drug-likeness (QED) is 0.389. The van der Waals surface area contributed by atoms with Crippen LogP contribution in [-0.2, 0) is 27.0 Å². The number of aromatic nitrogens is 2. The Hall–Kier alpha value is -3.50. The van der Waals surface area contributed by atoms with Gasteiger partial charge in [0.25, 0.3) is 0 Å². The van der Waals surface area contributed by atoms with Crippen molar-refractivity contribution < 1.29 is 22.5 Å². The van der Waals surface area contributed by atoms with Crippen molar-refractivity contribution in [2.75, 3.05) is 18.5 Å². The molecule has 0 fully saturated rings. The van der Waals surface area contributed by atoms with Crippen molar-refractivity contribution >= 4 is 21.6 Å². The number of carbonyl (C=O) groups excluding carboxylic acids is 1. The van der Waals surface area contributed by atoms with Crippen molar-refractivity contribution in [3.05, 3.63) is 72.6 Å². The third-order valence-electron chi connectivity index (χ3n) is 4.50. The predicted octanol–water partition coefficient (Wildman–Crippen LogP) is 3.31. The lowest BCUT2D eigenvalue weighted by atomic mass is 10.2. The van der Waals surface area contributed by atoms with Gasteiger partial charge in [-0.15, -0.1) is 6.58 Å². The number of aryl methyl sites for hydroxylation is 1. The molecule has 9 nitrogen and oxygen atoms in total. The molecule has 0 radical (unpaired) electrons. The molecule has 0 atom stereocenters. The van der Waals surface area contributed by atoms with Crippen LogP contribution in [0.5, 0.6) is 5.75 Å². The molecule has 0 aliphatic rings. The summed E-state index contributed by atoms with van der Waals surface area (Å²) in [5, 5.41) is 6.74. The highest BCUT2D eigenvalue weighted by Gasteiger charge is 2.12. The summed E-state index contributed by atoms with van der Waals surface area (Å²) in [5.74, 6) is 1.20. The first-order valence-corrected chi connectivity index (χ1v) is 12.1. The van der Waals surface area contributed by atoms with Crippen molar-refractivity contribution in [2.24, 2.45) is 0 Å². The standard InChI is InChI=1S/C23H26N4O5S/c1-3-15-24-33(29,30)16-17-5-9-19(10-6-17)25-21(28)13-14-22-26-23(27-32-22)18-7-11-20(12-8-18)31-4-2/h3,5-12,24H,1,4,13-16H2,2H3,(H,25,28). The number of nitrogens with one attached hydrogen (secondary N) is 2. The van der Waals surface area contributed by atoms with Crippen LogP contribution < -0.4 is 14.8 Å². The molecular weight excluding hydrogens is 444 g/mol. The van der Waals surface area contributed by atoms with Gasteiger partial charge in [0.05, 0.1) is 12.4 Å². The Morgan fingerprint density at radius 3 is 2.55 bits per heavy atom. The first-order chi connectivity index (χ1) is 15.9. The Labute approximate surface area is 192 Å². The third kappa shape index (κ3) is 7.55. The molecule has 2 N–H and O–H groups in total. The predicted molar refractivity (Wildman–Crippen MR) is 125 cm³/mol. The van der Waals surface area contributed by atoms with Crippen LogP contribution in [0.1, 0.15) is 24.8 Å². The molecule has 2 aromatic carbocycles. The molecule has 0 spiro atoms. The van der Waals surface area contributed by atoms with Crippen LogP contribution in [0.3, 0.4) is 0 Å². The lowest BCUT2D eigenvalue weighted by molar-refractivity contribution is -0.116. The van der Waals surface area contributed by atoms with Gasteiger partial charge in [0.2, 0.25) is 27.6 Å². The summed E-state index contributed by atoms with van der Waals surface area (Å²) in [6, 6.07) is 14.0. The Morgan fingerprint density at radius 2 is 1.88 bits per heavy atom. The van der Waals surface area contributed by atoms with Gasteiger partial charge in [0, 0.05) is 30.6 Å². The summed E-state index contributed by atoms with van der Waals surface area (Å²) >= 11 is 0. The van der Waals surface area contributed by atoms with Crippen molar-refractivity contribution in [1.29, 1.82) is 0 Å². The van der Waals surface area contributed by atoms with Crippen LogP contribution in [0.25, 0.3) is 11.4 Å². The number of rotatable bonds is 12. The first-order valence-electron chi connectivity index (χ1n) is 10.4. The molecule has 1 aromatic heterocycles. The number of nitrogens with zero attached hydrogens (tertiary/aromatic N) is 2. The SMILES string of the molecule is C=CCNS(=O)(=O)Cc1ccc(NC(=O)CCc2nc(-c3ccc(OCC)cc3)no2)cc1. The second-order valence-corrected chi connectivity index (χ2v) is 8.92. The highest BCUT2D eigenvalue weighted by atomic mass is 32.2. The van der Waals surface area contributed by atoms with Crippen LogP contribution in [0, 0.1) is 0 Å². The van der Waals surface area contributed by atoms with E-state index in [0.717, 1.165) is 11.3 Å². The van der Waals surface area contributed by atoms with E-state index in [1.54, 1.807) is 24.3 Å². The summed E-state index contributed by atoms with van der Waals surface area (Å²) in [6.45, 7) is 6.17. The van der Waals surface area contributed by atoms with Crippen LogP contribution in [0.15, 0.2) is 65.7 Å². The summed E-state index contributed by atoms with van der Waals surface area (Å²) in [6.07, 6.45) is 1.93. The highest BCUT2D eigenvalue weighted by molar-refractivity contribution is 7.88. The maximum atomic E-state index is 12.3. The molecule has 10 heteroatoms. The number of benzene rings is 2. The summed E-state index contributed by atoms with van der Waals surface area (Å²) in [5.41, 5.74) is 1.97. The van der Waals surface area contributed by atoms with Crippen LogP contribution >= 0.6 is 0 Å². The van der Waals surface area contributed by atoms with E-state index >= 15 is 0 Å². The van der Waals surface area contributed by atoms with E-state index in [1.165, 1.54) is 6.08 Å². The molecule has 0 bridgehead atoms. The van der Waals surface area contributed by atoms with E-state index in [4.69, 9.17) is 9.26 Å². The second kappa shape index (κ2) is 11.4. The molecule has 0 unspecified atom stereocenters. The normalized spacial score (nSPS) is 11.2. The molecule has 1 heterocycles. The Morgan fingerprint density at radius 1 is 1.15 bits per heavy atom. The van der Waals surface area contributed by atoms with Gasteiger partial charge in [-0.2, -0.15) is 4.98 Å². The van der Waals surface area contributed by atoms with Gasteiger partial charge in [-0.05, 0) is 48.9 Å². The van der Waals surface area contributed by atoms with Crippen molar-refractivity contribution in [2.45, 2.75) is 25.5 Å². The van der Waals surface area contributed by atoms with Crippen LogP contribution in [-0.4, -0.2) is 37.6 Å². The Kier molecular flexibility index (Phi) is 8.34. The molecule has 0 aliphatic heterocycles. The third-order valence-corrected chi connectivity index (χ3v) is 5.82. The minimum Gasteiger partial charge on any atom is -0.494 e. The van der Waals surface area contributed by atoms with Gasteiger partial charge < -0.3 is 14.6 Å². The lowest BCUT2D eigenvalue weighted by Gasteiger charge is -2.07. The van der Waals surface area contributed by atoms with E-state index in [0.29, 0.717) is 36.0 Å². The lowest BCUT2D eigenvalue weighted by Crippen LogP contribution is -2.25. The summed E-state index contributed by atoms with van der Waals surface area (Å²) in [4.78, 5) is 16.6. The average molecular weight is 471 g/mol. The number of hydrogen-bond acceptors (Lipinski definition) is 7. The van der Waals surface area contributed by atoms with Gasteiger partial charge in [-0.3, -0.25) is 4.79 Å². The van der Waals surface area contributed by atoms with E-state index in [2.05, 4.69) is 26.8 Å². The first kappa shape index (κ1) is 24.1. The van der Waals surface area contributed by atoms with Crippen molar-refractivity contribution in [3.8, 4) is 17.1 Å². The Bertz CT molecular complexity index is 1170. The molecular formula is C23H26N4O5S. The van der Waals surface area contributed by atoms with E-state index in [1.807, 2.05) is 31.2 Å². The van der Waals surface area contributed by atoms with Gasteiger partial charge in [0.15, 0.2) is 0 Å². The number of carbonyl (C=O) groups is 1. The number of hydrogen-bond donors (Lipinski definition) is 2. The summed E-state index contributed by atoms with van der Waals surface area (Å²) < 4.78 is 36.9. The number of amides is 1. The zero-order valence-electron chi connectivity index (χ0n) is 18.3. The molecule has 3 aromatic rings. The zero-order chi connectivity index (χ0) is 23.7. The largest absolute Gasteiger partial charge is 0.494 e. The van der Waals surface area contributed by atoms with Gasteiger partial charge in [0.1, 0.15) is 5.75 Å². The molecule has 1 amide bonds. The maximum absolute atomic E-state index is 12.3. The molecule has 3 rings (SSSR count). The molecule has 0 saturated heterocycles. The Balaban J connectivity index is 1.49. The monoisotopic (exact) mass is 470 g/mol. The van der Waals surface area contributed by atoms with Crippen LogP contribution in [0.4, 0.5) is 5.69 Å². The molecule has 0 aliphatic carbocycles. The smallest absolute Gasteiger partial charge is 0.227 e. The zero-order valence-corrected chi connectivity index (χ0v) is 19.1. The molecule has 174 valence electrons. The average Bonchev–Trinajstić information content (AvgIpc) is 3.27. The minimum absolute atomic E-state index is 0.150. The molecule has 0 saturated carbocycles. The second-order valence-electron chi connectivity index (χ2n) is 7.11.